The van der Waals surface area contributed by atoms with Gasteiger partial charge in [0, 0.05) is 19.7 Å². The van der Waals surface area contributed by atoms with Gasteiger partial charge in [0.05, 0.1) is 11.3 Å². The number of aliphatic carboxylic acids is 1. The van der Waals surface area contributed by atoms with E-state index in [9.17, 15) is 14.9 Å². The fourth-order valence-electron chi connectivity index (χ4n) is 2.19. The number of fused-ring (bicyclic) bond motifs is 1. The molecule has 7 heteroatoms. The first kappa shape index (κ1) is 15.6. The second-order valence-corrected chi connectivity index (χ2v) is 4.36. The molecular formula is C13H16N2O5. The lowest BCUT2D eigenvalue weighted by molar-refractivity contribution is -0.384. The summed E-state index contributed by atoms with van der Waals surface area (Å²) in [6.07, 6.45) is 1.29. The van der Waals surface area contributed by atoms with E-state index in [2.05, 4.69) is 0 Å². The molecule has 0 atom stereocenters. The van der Waals surface area contributed by atoms with Gasteiger partial charge in [-0.2, -0.15) is 0 Å². The summed E-state index contributed by atoms with van der Waals surface area (Å²) in [5.74, 6) is -0.981. The van der Waals surface area contributed by atoms with Crippen molar-refractivity contribution >= 4 is 23.6 Å². The van der Waals surface area contributed by atoms with Gasteiger partial charge in [-0.3, -0.25) is 14.9 Å². The van der Waals surface area contributed by atoms with Gasteiger partial charge in [0.1, 0.15) is 12.0 Å². The summed E-state index contributed by atoms with van der Waals surface area (Å²) >= 11 is 0. The number of carbonyl (C=O) groups is 2. The Bertz CT molecular complexity index is 542. The SMILES string of the molecule is CC=O.CN1CCc2cc(CC(=O)O)cc([N+](=O)[O-])c21. The Balaban J connectivity index is 0.000000612. The third-order valence-electron chi connectivity index (χ3n) is 2.88. The van der Waals surface area contributed by atoms with E-state index in [4.69, 9.17) is 9.90 Å². The second-order valence-electron chi connectivity index (χ2n) is 4.36. The molecule has 0 bridgehead atoms. The van der Waals surface area contributed by atoms with Crippen LogP contribution in [-0.2, 0) is 22.4 Å². The van der Waals surface area contributed by atoms with Gasteiger partial charge in [0.25, 0.3) is 5.69 Å². The zero-order chi connectivity index (χ0) is 15.3. The normalized spacial score (nSPS) is 12.2. The molecule has 2 rings (SSSR count). The van der Waals surface area contributed by atoms with Gasteiger partial charge < -0.3 is 14.8 Å². The van der Waals surface area contributed by atoms with Gasteiger partial charge in [-0.15, -0.1) is 0 Å². The van der Waals surface area contributed by atoms with Crippen molar-refractivity contribution in [3.8, 4) is 0 Å². The highest BCUT2D eigenvalue weighted by Crippen LogP contribution is 2.37. The first-order chi connectivity index (χ1) is 9.40. The van der Waals surface area contributed by atoms with Crippen molar-refractivity contribution in [1.29, 1.82) is 0 Å². The van der Waals surface area contributed by atoms with Crippen molar-refractivity contribution in [3.05, 3.63) is 33.4 Å². The Hall–Kier alpha value is -2.44. The summed E-state index contributed by atoms with van der Waals surface area (Å²) in [5, 5.41) is 19.7. The number of hydrogen-bond acceptors (Lipinski definition) is 5. The van der Waals surface area contributed by atoms with Crippen LogP contribution in [0.2, 0.25) is 0 Å². The van der Waals surface area contributed by atoms with E-state index in [-0.39, 0.29) is 12.1 Å². The number of carboxylic acids is 1. The average Bonchev–Trinajstić information content (AvgIpc) is 2.70. The van der Waals surface area contributed by atoms with Crippen LogP contribution in [0.4, 0.5) is 11.4 Å². The van der Waals surface area contributed by atoms with E-state index in [1.807, 2.05) is 4.90 Å². The minimum Gasteiger partial charge on any atom is -0.481 e. The zero-order valence-corrected chi connectivity index (χ0v) is 11.3. The molecule has 1 aliphatic rings. The minimum atomic E-state index is -0.981. The lowest BCUT2D eigenvalue weighted by Gasteiger charge is -2.12. The summed E-state index contributed by atoms with van der Waals surface area (Å²) in [5.41, 5.74) is 1.96. The van der Waals surface area contributed by atoms with Crippen molar-refractivity contribution in [2.75, 3.05) is 18.5 Å². The molecule has 1 aromatic rings. The second kappa shape index (κ2) is 6.65. The van der Waals surface area contributed by atoms with Crippen molar-refractivity contribution < 1.29 is 19.6 Å². The van der Waals surface area contributed by atoms with E-state index >= 15 is 0 Å². The molecule has 0 unspecified atom stereocenters. The summed E-state index contributed by atoms with van der Waals surface area (Å²) in [4.78, 5) is 31.8. The molecule has 1 aromatic carbocycles. The van der Waals surface area contributed by atoms with Crippen LogP contribution in [0, 0.1) is 10.1 Å². The van der Waals surface area contributed by atoms with Crippen LogP contribution >= 0.6 is 0 Å². The minimum absolute atomic E-state index is 0.00116. The number of carbonyl (C=O) groups excluding carboxylic acids is 1. The van der Waals surface area contributed by atoms with Crippen molar-refractivity contribution in [2.45, 2.75) is 19.8 Å². The number of nitrogens with zero attached hydrogens (tertiary/aromatic N) is 2. The highest BCUT2D eigenvalue weighted by Gasteiger charge is 2.27. The predicted octanol–water partition coefficient (Wildman–Crippen LogP) is 1.42. The maximum atomic E-state index is 11.0. The van der Waals surface area contributed by atoms with Crippen LogP contribution in [0.1, 0.15) is 18.1 Å². The molecule has 7 nitrogen and oxygen atoms in total. The van der Waals surface area contributed by atoms with Gasteiger partial charge in [-0.1, -0.05) is 6.07 Å². The topological polar surface area (TPSA) is 101 Å². The molecule has 0 saturated carbocycles. The molecule has 1 heterocycles. The third-order valence-corrected chi connectivity index (χ3v) is 2.88. The predicted molar refractivity (Wildman–Crippen MR) is 73.1 cm³/mol. The Morgan fingerprint density at radius 3 is 2.65 bits per heavy atom. The van der Waals surface area contributed by atoms with Crippen molar-refractivity contribution in [1.82, 2.24) is 0 Å². The quantitative estimate of drug-likeness (QED) is 0.510. The van der Waals surface area contributed by atoms with Crippen molar-refractivity contribution in [3.63, 3.8) is 0 Å². The molecule has 0 spiro atoms. The van der Waals surface area contributed by atoms with Crippen LogP contribution in [0.15, 0.2) is 12.1 Å². The van der Waals surface area contributed by atoms with Crippen LogP contribution in [0.5, 0.6) is 0 Å². The lowest BCUT2D eigenvalue weighted by atomic mass is 10.0. The van der Waals surface area contributed by atoms with Crippen molar-refractivity contribution in [2.24, 2.45) is 0 Å². The summed E-state index contributed by atoms with van der Waals surface area (Å²) in [6.45, 7) is 2.17. The number of anilines is 1. The molecule has 0 aliphatic carbocycles. The highest BCUT2D eigenvalue weighted by atomic mass is 16.6. The molecule has 0 fully saturated rings. The van der Waals surface area contributed by atoms with Gasteiger partial charge in [-0.25, -0.2) is 0 Å². The molecule has 0 aromatic heterocycles. The van der Waals surface area contributed by atoms with Gasteiger partial charge in [0.15, 0.2) is 0 Å². The van der Waals surface area contributed by atoms with Crippen LogP contribution in [0.25, 0.3) is 0 Å². The van der Waals surface area contributed by atoms with Gasteiger partial charge in [0.2, 0.25) is 0 Å². The molecule has 1 N–H and O–H groups in total. The third kappa shape index (κ3) is 3.53. The largest absolute Gasteiger partial charge is 0.481 e. The molecule has 0 radical (unpaired) electrons. The number of nitro groups is 1. The van der Waals surface area contributed by atoms with E-state index in [0.717, 1.165) is 24.8 Å². The molecule has 20 heavy (non-hydrogen) atoms. The number of rotatable bonds is 3. The number of benzene rings is 1. The van der Waals surface area contributed by atoms with E-state index in [1.165, 1.54) is 13.0 Å². The van der Waals surface area contributed by atoms with Crippen LogP contribution < -0.4 is 4.90 Å². The number of nitro benzene ring substituents is 1. The fourth-order valence-corrected chi connectivity index (χ4v) is 2.19. The molecule has 0 amide bonds. The molecule has 108 valence electrons. The number of likely N-dealkylation sites (N-methyl/N-ethyl adjacent to an activating group) is 1. The Morgan fingerprint density at radius 1 is 1.55 bits per heavy atom. The molecule has 0 saturated heterocycles. The summed E-state index contributed by atoms with van der Waals surface area (Å²) < 4.78 is 0. The Labute approximate surface area is 116 Å². The van der Waals surface area contributed by atoms with E-state index in [0.29, 0.717) is 11.3 Å². The number of aldehydes is 1. The van der Waals surface area contributed by atoms with Crippen LogP contribution in [-0.4, -0.2) is 35.9 Å². The average molecular weight is 280 g/mol. The zero-order valence-electron chi connectivity index (χ0n) is 11.3. The van der Waals surface area contributed by atoms with Gasteiger partial charge in [-0.05, 0) is 24.5 Å². The van der Waals surface area contributed by atoms with Gasteiger partial charge >= 0.3 is 5.97 Å². The monoisotopic (exact) mass is 280 g/mol. The Morgan fingerprint density at radius 2 is 2.15 bits per heavy atom. The maximum absolute atomic E-state index is 11.0. The number of carboxylic acid groups (broad SMARTS) is 1. The first-order valence-corrected chi connectivity index (χ1v) is 6.03. The lowest BCUT2D eigenvalue weighted by Crippen LogP contribution is -2.14. The van der Waals surface area contributed by atoms with Crippen LogP contribution in [0.3, 0.4) is 0 Å². The summed E-state index contributed by atoms with van der Waals surface area (Å²) in [6, 6.07) is 3.11. The molecular weight excluding hydrogens is 264 g/mol. The fraction of sp³-hybridized carbons (Fsp3) is 0.385. The highest BCUT2D eigenvalue weighted by molar-refractivity contribution is 5.75. The van der Waals surface area contributed by atoms with E-state index < -0.39 is 10.9 Å². The molecule has 1 aliphatic heterocycles. The maximum Gasteiger partial charge on any atom is 0.307 e. The van der Waals surface area contributed by atoms with E-state index in [1.54, 1.807) is 13.1 Å². The Kier molecular flexibility index (Phi) is 5.19. The first-order valence-electron chi connectivity index (χ1n) is 6.03. The number of hydrogen-bond donors (Lipinski definition) is 1. The summed E-state index contributed by atoms with van der Waals surface area (Å²) in [7, 11) is 1.80. The smallest absolute Gasteiger partial charge is 0.307 e. The standard InChI is InChI=1S/C11H12N2O4.C2H4O/c1-12-3-2-8-4-7(6-10(14)15)5-9(11(8)12)13(16)17;1-2-3/h4-5H,2-3,6H2,1H3,(H,14,15);2H,1H3.